The predicted molar refractivity (Wildman–Crippen MR) is 166 cm³/mol. The summed E-state index contributed by atoms with van der Waals surface area (Å²) in [5.41, 5.74) is 1.47. The Balaban J connectivity index is 1.44. The highest BCUT2D eigenvalue weighted by Crippen LogP contribution is 2.40. The number of likely N-dealkylation sites (N-methyl/N-ethyl adjacent to an activating group) is 1. The molecule has 5 heterocycles. The highest BCUT2D eigenvalue weighted by Gasteiger charge is 2.30. The molecule has 44 heavy (non-hydrogen) atoms. The summed E-state index contributed by atoms with van der Waals surface area (Å²) in [6, 6.07) is 3.22. The summed E-state index contributed by atoms with van der Waals surface area (Å²) in [7, 11) is 2.06. The second-order valence-electron chi connectivity index (χ2n) is 11.8. The molecular weight excluding hydrogens is 564 g/mol. The third-order valence-corrected chi connectivity index (χ3v) is 8.91. The average molecular weight is 602 g/mol. The third kappa shape index (κ3) is 5.78. The summed E-state index contributed by atoms with van der Waals surface area (Å²) in [4.78, 5) is 32.0. The minimum atomic E-state index is -0.652. The maximum Gasteiger partial charge on any atom is 0.319 e. The number of carbonyl (C=O) groups is 1. The summed E-state index contributed by atoms with van der Waals surface area (Å²) in [5.74, 6) is 1.56. The second-order valence-corrected chi connectivity index (χ2v) is 11.8. The van der Waals surface area contributed by atoms with Crippen LogP contribution in [0.1, 0.15) is 49.7 Å². The lowest BCUT2D eigenvalue weighted by atomic mass is 9.97. The van der Waals surface area contributed by atoms with E-state index < -0.39 is 11.6 Å². The normalized spacial score (nSPS) is 20.6. The largest absolute Gasteiger partial charge is 0.462 e. The number of nitrogens with zero attached hydrogens (tertiary/aromatic N) is 6. The number of ether oxygens (including phenoxy) is 1. The van der Waals surface area contributed by atoms with Gasteiger partial charge in [-0.2, -0.15) is 9.97 Å². The number of terminal acetylenes is 1. The van der Waals surface area contributed by atoms with E-state index in [1.165, 1.54) is 12.1 Å². The van der Waals surface area contributed by atoms with E-state index in [0.717, 1.165) is 50.6 Å². The van der Waals surface area contributed by atoms with Crippen molar-refractivity contribution >= 4 is 34.1 Å². The lowest BCUT2D eigenvalue weighted by Gasteiger charge is -2.32. The van der Waals surface area contributed by atoms with Crippen LogP contribution in [-0.4, -0.2) is 77.7 Å². The Bertz CT molecular complexity index is 1620. The van der Waals surface area contributed by atoms with Crippen molar-refractivity contribution in [2.24, 2.45) is 0 Å². The molecule has 0 radical (unpaired) electrons. The fraction of sp³-hybridized carbons (Fsp3) is 0.455. The zero-order valence-electron chi connectivity index (χ0n) is 25.0. The molecule has 9 nitrogen and oxygen atoms in total. The van der Waals surface area contributed by atoms with Gasteiger partial charge in [-0.1, -0.05) is 18.6 Å². The van der Waals surface area contributed by atoms with Gasteiger partial charge in [0.05, 0.1) is 16.6 Å². The molecule has 1 unspecified atom stereocenters. The number of hydrogen-bond donors (Lipinski definition) is 1. The number of carbonyl (C=O) groups excluding carboxylic acids is 1. The van der Waals surface area contributed by atoms with E-state index in [9.17, 15) is 9.18 Å². The van der Waals surface area contributed by atoms with Gasteiger partial charge in [-0.15, -0.1) is 6.42 Å². The number of anilines is 3. The summed E-state index contributed by atoms with van der Waals surface area (Å²) in [5, 5.41) is 3.44. The molecule has 3 aromatic rings. The maximum absolute atomic E-state index is 16.7. The van der Waals surface area contributed by atoms with Gasteiger partial charge in [0.2, 0.25) is 5.91 Å². The number of likely N-dealkylation sites (tertiary alicyclic amines) is 1. The van der Waals surface area contributed by atoms with E-state index in [4.69, 9.17) is 16.1 Å². The Morgan fingerprint density at radius 1 is 1.16 bits per heavy atom. The van der Waals surface area contributed by atoms with Crippen LogP contribution in [0.3, 0.4) is 0 Å². The molecule has 2 aromatic heterocycles. The van der Waals surface area contributed by atoms with Gasteiger partial charge < -0.3 is 24.8 Å². The molecule has 0 aliphatic carbocycles. The zero-order valence-corrected chi connectivity index (χ0v) is 25.0. The minimum Gasteiger partial charge on any atom is -0.462 e. The Kier molecular flexibility index (Phi) is 8.62. The summed E-state index contributed by atoms with van der Waals surface area (Å²) in [6.45, 7) is 6.50. The molecule has 230 valence electrons. The van der Waals surface area contributed by atoms with Crippen LogP contribution < -0.4 is 19.9 Å². The molecular formula is C33H37F2N7O2. The lowest BCUT2D eigenvalue weighted by molar-refractivity contribution is -0.117. The van der Waals surface area contributed by atoms with Gasteiger partial charge in [-0.05, 0) is 76.2 Å². The fourth-order valence-electron chi connectivity index (χ4n) is 6.59. The number of pyridine rings is 1. The fourth-order valence-corrected chi connectivity index (χ4v) is 6.59. The average Bonchev–Trinajstić information content (AvgIpc) is 3.30. The molecule has 6 rings (SSSR count). The number of benzene rings is 1. The Hall–Kier alpha value is -4.30. The van der Waals surface area contributed by atoms with Gasteiger partial charge in [0, 0.05) is 37.9 Å². The van der Waals surface area contributed by atoms with Gasteiger partial charge >= 0.3 is 6.01 Å². The highest BCUT2D eigenvalue weighted by molar-refractivity contribution is 5.92. The maximum atomic E-state index is 16.7. The van der Waals surface area contributed by atoms with Crippen LogP contribution in [0.25, 0.3) is 10.9 Å². The molecule has 3 aliphatic rings. The van der Waals surface area contributed by atoms with Crippen LogP contribution in [0.15, 0.2) is 31.0 Å². The summed E-state index contributed by atoms with van der Waals surface area (Å²) >= 11 is 0. The zero-order chi connectivity index (χ0) is 30.8. The number of aryl methyl sites for hydroxylation is 1. The molecule has 1 amide bonds. The number of nitrogens with one attached hydrogen (secondary N) is 1. The van der Waals surface area contributed by atoms with Crippen molar-refractivity contribution in [2.45, 2.75) is 57.0 Å². The molecule has 0 bridgehead atoms. The standard InChI is InChI=1S/C33H37F2N7O2/c1-4-24-26(34)14-13-21-10-8-17-42(30(21)24)32-28(35)29-25(18-36-32)31(39-33(38-29)44-20-23-12-9-15-40(23)3)41-16-7-6-11-22(19-41)37-27(43)5-2/h1,5,13-14,18,22-23H,2,6-12,15-17,19-20H2,3H3,(H,37,43)/t22?,23-/m0/s1. The van der Waals surface area contributed by atoms with Crippen molar-refractivity contribution in [2.75, 3.05) is 49.6 Å². The minimum absolute atomic E-state index is 0.0265. The van der Waals surface area contributed by atoms with Gasteiger partial charge in [0.1, 0.15) is 23.8 Å². The molecule has 0 saturated carbocycles. The van der Waals surface area contributed by atoms with E-state index >= 15 is 4.39 Å². The number of halogens is 2. The van der Waals surface area contributed by atoms with E-state index in [1.807, 2.05) is 4.90 Å². The number of hydrogen-bond acceptors (Lipinski definition) is 8. The van der Waals surface area contributed by atoms with Crippen molar-refractivity contribution in [1.82, 2.24) is 25.2 Å². The SMILES string of the molecule is C#Cc1c(F)ccc2c1N(c1ncc3c(N4CCCCC(NC(=O)C=C)C4)nc(OC[C@@H]4CCCN4C)nc3c1F)CCC2. The smallest absolute Gasteiger partial charge is 0.319 e. The van der Waals surface area contributed by atoms with Crippen molar-refractivity contribution in [3.8, 4) is 18.4 Å². The van der Waals surface area contributed by atoms with Crippen LogP contribution >= 0.6 is 0 Å². The molecule has 1 aromatic carbocycles. The summed E-state index contributed by atoms with van der Waals surface area (Å²) in [6.07, 6.45) is 14.6. The van der Waals surface area contributed by atoms with Crippen molar-refractivity contribution in [3.63, 3.8) is 0 Å². The van der Waals surface area contributed by atoms with E-state index in [2.05, 4.69) is 39.7 Å². The van der Waals surface area contributed by atoms with Crippen molar-refractivity contribution in [3.05, 3.63) is 53.7 Å². The Labute approximate surface area is 256 Å². The van der Waals surface area contributed by atoms with Crippen LogP contribution in [0.5, 0.6) is 6.01 Å². The van der Waals surface area contributed by atoms with Gasteiger partial charge in [0.15, 0.2) is 11.6 Å². The predicted octanol–water partition coefficient (Wildman–Crippen LogP) is 4.50. The van der Waals surface area contributed by atoms with E-state index in [1.54, 1.807) is 17.2 Å². The Morgan fingerprint density at radius 2 is 2.02 bits per heavy atom. The van der Waals surface area contributed by atoms with Crippen LogP contribution in [0.4, 0.5) is 26.1 Å². The van der Waals surface area contributed by atoms with Gasteiger partial charge in [-0.3, -0.25) is 4.79 Å². The topological polar surface area (TPSA) is 86.7 Å². The van der Waals surface area contributed by atoms with Crippen molar-refractivity contribution < 1.29 is 18.3 Å². The molecule has 0 spiro atoms. The Morgan fingerprint density at radius 3 is 2.80 bits per heavy atom. The lowest BCUT2D eigenvalue weighted by Crippen LogP contribution is -2.42. The van der Waals surface area contributed by atoms with Crippen molar-refractivity contribution in [1.29, 1.82) is 0 Å². The van der Waals surface area contributed by atoms with Crippen LogP contribution in [-0.2, 0) is 11.2 Å². The number of rotatable bonds is 7. The first-order valence-corrected chi connectivity index (χ1v) is 15.3. The number of amides is 1. The molecule has 2 atom stereocenters. The quantitative estimate of drug-likeness (QED) is 0.313. The van der Waals surface area contributed by atoms with Gasteiger partial charge in [-0.25, -0.2) is 13.8 Å². The molecule has 1 N–H and O–H groups in total. The number of aromatic nitrogens is 3. The van der Waals surface area contributed by atoms with Gasteiger partial charge in [0.25, 0.3) is 0 Å². The third-order valence-electron chi connectivity index (χ3n) is 8.91. The highest BCUT2D eigenvalue weighted by atomic mass is 19.1. The first-order valence-electron chi connectivity index (χ1n) is 15.3. The summed E-state index contributed by atoms with van der Waals surface area (Å²) < 4.78 is 37.6. The first-order chi connectivity index (χ1) is 21.4. The molecule has 3 aliphatic heterocycles. The molecule has 11 heteroatoms. The first kappa shape index (κ1) is 29.8. The molecule has 2 saturated heterocycles. The van der Waals surface area contributed by atoms with Crippen LogP contribution in [0.2, 0.25) is 0 Å². The van der Waals surface area contributed by atoms with Crippen LogP contribution in [0, 0.1) is 24.0 Å². The van der Waals surface area contributed by atoms with E-state index in [-0.39, 0.29) is 40.9 Å². The molecule has 2 fully saturated rings. The number of fused-ring (bicyclic) bond motifs is 2. The monoisotopic (exact) mass is 601 g/mol. The second kappa shape index (κ2) is 12.7. The van der Waals surface area contributed by atoms with E-state index in [0.29, 0.717) is 49.6 Å².